The first-order valence-electron chi connectivity index (χ1n) is 8.29. The number of amides is 1. The summed E-state index contributed by atoms with van der Waals surface area (Å²) in [7, 11) is 0. The molecule has 2 aromatic rings. The van der Waals surface area contributed by atoms with E-state index in [1.807, 2.05) is 30.0 Å². The van der Waals surface area contributed by atoms with E-state index in [0.717, 1.165) is 31.6 Å². The average molecular weight is 345 g/mol. The molecule has 1 amide bonds. The van der Waals surface area contributed by atoms with Crippen LogP contribution in [0.1, 0.15) is 41.7 Å². The Morgan fingerprint density at radius 3 is 2.62 bits per heavy atom. The molecule has 1 saturated heterocycles. The lowest BCUT2D eigenvalue weighted by Crippen LogP contribution is -2.31. The first kappa shape index (κ1) is 16.7. The molecule has 1 aliphatic heterocycles. The molecule has 0 bridgehead atoms. The molecule has 6 heteroatoms. The van der Waals surface area contributed by atoms with Crippen LogP contribution in [0, 0.1) is 6.92 Å². The summed E-state index contributed by atoms with van der Waals surface area (Å²) in [5, 5.41) is 3.51. The van der Waals surface area contributed by atoms with Crippen molar-refractivity contribution in [2.45, 2.75) is 32.6 Å². The van der Waals surface area contributed by atoms with Crippen molar-refractivity contribution in [1.82, 2.24) is 14.9 Å². The smallest absolute Gasteiger partial charge is 0.255 e. The molecular weight excluding hydrogens is 324 g/mol. The van der Waals surface area contributed by atoms with Crippen LogP contribution in [0.3, 0.4) is 0 Å². The van der Waals surface area contributed by atoms with E-state index in [1.165, 1.54) is 12.8 Å². The fourth-order valence-electron chi connectivity index (χ4n) is 2.84. The Morgan fingerprint density at radius 2 is 1.96 bits per heavy atom. The summed E-state index contributed by atoms with van der Waals surface area (Å²) in [6.07, 6.45) is 6.08. The second kappa shape index (κ2) is 7.62. The predicted molar refractivity (Wildman–Crippen MR) is 95.9 cm³/mol. The molecule has 0 aliphatic carbocycles. The lowest BCUT2D eigenvalue weighted by Gasteiger charge is -2.20. The molecular formula is C18H21ClN4O. The molecule has 24 heavy (non-hydrogen) atoms. The Kier molecular flexibility index (Phi) is 5.30. The van der Waals surface area contributed by atoms with Crippen LogP contribution >= 0.6 is 11.6 Å². The normalized spacial score (nSPS) is 15.0. The van der Waals surface area contributed by atoms with Gasteiger partial charge in [-0.05, 0) is 38.0 Å². The van der Waals surface area contributed by atoms with Crippen LogP contribution in [-0.2, 0) is 0 Å². The van der Waals surface area contributed by atoms with E-state index in [1.54, 1.807) is 12.3 Å². The number of aryl methyl sites for hydroxylation is 1. The first-order valence-corrected chi connectivity index (χ1v) is 8.67. The number of hydrogen-bond donors (Lipinski definition) is 1. The monoisotopic (exact) mass is 344 g/mol. The molecule has 0 radical (unpaired) electrons. The van der Waals surface area contributed by atoms with E-state index >= 15 is 0 Å². The van der Waals surface area contributed by atoms with Gasteiger partial charge in [0.15, 0.2) is 0 Å². The van der Waals surface area contributed by atoms with Crippen LogP contribution in [0.4, 0.5) is 11.6 Å². The minimum Gasteiger partial charge on any atom is -0.339 e. The molecule has 0 atom stereocenters. The molecule has 0 aromatic carbocycles. The van der Waals surface area contributed by atoms with Crippen LogP contribution in [0.5, 0.6) is 0 Å². The van der Waals surface area contributed by atoms with Crippen molar-refractivity contribution >= 4 is 29.1 Å². The summed E-state index contributed by atoms with van der Waals surface area (Å²) in [5.74, 6) is 1.18. The van der Waals surface area contributed by atoms with Crippen molar-refractivity contribution in [1.29, 1.82) is 0 Å². The van der Waals surface area contributed by atoms with Crippen molar-refractivity contribution in [3.8, 4) is 0 Å². The quantitative estimate of drug-likeness (QED) is 0.906. The van der Waals surface area contributed by atoms with Crippen molar-refractivity contribution in [3.63, 3.8) is 0 Å². The number of carbonyl (C=O) groups is 1. The van der Waals surface area contributed by atoms with Gasteiger partial charge in [0.05, 0.1) is 10.6 Å². The fraction of sp³-hybridized carbons (Fsp3) is 0.389. The van der Waals surface area contributed by atoms with E-state index in [-0.39, 0.29) is 5.91 Å². The highest BCUT2D eigenvalue weighted by atomic mass is 35.5. The van der Waals surface area contributed by atoms with Gasteiger partial charge in [0.2, 0.25) is 0 Å². The zero-order valence-corrected chi connectivity index (χ0v) is 14.5. The molecule has 1 aliphatic rings. The number of rotatable bonds is 3. The fourth-order valence-corrected chi connectivity index (χ4v) is 3.05. The molecule has 0 unspecified atom stereocenters. The molecule has 1 N–H and O–H groups in total. The second-order valence-electron chi connectivity index (χ2n) is 6.05. The molecule has 0 spiro atoms. The molecule has 0 saturated carbocycles. The number of nitrogens with zero attached hydrogens (tertiary/aromatic N) is 3. The summed E-state index contributed by atoms with van der Waals surface area (Å²) in [6, 6.07) is 7.36. The van der Waals surface area contributed by atoms with Gasteiger partial charge in [-0.2, -0.15) is 0 Å². The maximum Gasteiger partial charge on any atom is 0.255 e. The first-order chi connectivity index (χ1) is 11.6. The van der Waals surface area contributed by atoms with Gasteiger partial charge in [-0.15, -0.1) is 0 Å². The molecule has 3 heterocycles. The lowest BCUT2D eigenvalue weighted by atomic mass is 10.2. The number of hydrogen-bond acceptors (Lipinski definition) is 4. The number of aromatic nitrogens is 2. The summed E-state index contributed by atoms with van der Waals surface area (Å²) in [5.41, 5.74) is 1.44. The highest BCUT2D eigenvalue weighted by Gasteiger charge is 2.18. The number of pyridine rings is 2. The zero-order chi connectivity index (χ0) is 16.9. The van der Waals surface area contributed by atoms with Crippen LogP contribution in [0.25, 0.3) is 0 Å². The van der Waals surface area contributed by atoms with Gasteiger partial charge in [0.1, 0.15) is 11.6 Å². The number of anilines is 2. The van der Waals surface area contributed by atoms with E-state index in [0.29, 0.717) is 22.2 Å². The third kappa shape index (κ3) is 4.03. The van der Waals surface area contributed by atoms with E-state index in [4.69, 9.17) is 11.6 Å². The van der Waals surface area contributed by atoms with Gasteiger partial charge in [-0.3, -0.25) is 4.79 Å². The minimum absolute atomic E-state index is 0.00605. The Bertz CT molecular complexity index is 727. The number of halogens is 1. The van der Waals surface area contributed by atoms with E-state index in [2.05, 4.69) is 15.3 Å². The molecule has 2 aromatic heterocycles. The van der Waals surface area contributed by atoms with Crippen LogP contribution < -0.4 is 5.32 Å². The van der Waals surface area contributed by atoms with Crippen LogP contribution in [0.15, 0.2) is 30.5 Å². The summed E-state index contributed by atoms with van der Waals surface area (Å²) in [6.45, 7) is 3.54. The maximum absolute atomic E-state index is 12.6. The number of nitrogens with one attached hydrogen (secondary N) is 1. The Balaban J connectivity index is 1.75. The largest absolute Gasteiger partial charge is 0.339 e. The standard InChI is InChI=1S/C18H21ClN4O/c1-13-7-6-8-16(21-13)22-17-15(19)11-14(12-20-17)18(24)23-9-4-2-3-5-10-23/h6-8,11-12H,2-5,9-10H2,1H3,(H,20,21,22). The Hall–Kier alpha value is -2.14. The molecule has 1 fully saturated rings. The zero-order valence-electron chi connectivity index (χ0n) is 13.8. The van der Waals surface area contributed by atoms with Crippen molar-refractivity contribution in [3.05, 3.63) is 46.7 Å². The minimum atomic E-state index is 0.00605. The van der Waals surface area contributed by atoms with Crippen molar-refractivity contribution in [2.75, 3.05) is 18.4 Å². The van der Waals surface area contributed by atoms with Gasteiger partial charge in [-0.25, -0.2) is 9.97 Å². The maximum atomic E-state index is 12.6. The highest BCUT2D eigenvalue weighted by Crippen LogP contribution is 2.24. The topological polar surface area (TPSA) is 58.1 Å². The molecule has 126 valence electrons. The van der Waals surface area contributed by atoms with Crippen molar-refractivity contribution < 1.29 is 4.79 Å². The Morgan fingerprint density at radius 1 is 1.21 bits per heavy atom. The summed E-state index contributed by atoms with van der Waals surface area (Å²) >= 11 is 6.31. The third-order valence-electron chi connectivity index (χ3n) is 4.12. The van der Waals surface area contributed by atoms with Gasteiger partial charge in [0, 0.05) is 25.0 Å². The average Bonchev–Trinajstić information content (AvgIpc) is 2.85. The van der Waals surface area contributed by atoms with Gasteiger partial charge < -0.3 is 10.2 Å². The third-order valence-corrected chi connectivity index (χ3v) is 4.40. The molecule has 5 nitrogen and oxygen atoms in total. The summed E-state index contributed by atoms with van der Waals surface area (Å²) < 4.78 is 0. The van der Waals surface area contributed by atoms with Gasteiger partial charge >= 0.3 is 0 Å². The molecule has 3 rings (SSSR count). The lowest BCUT2D eigenvalue weighted by molar-refractivity contribution is 0.0761. The van der Waals surface area contributed by atoms with E-state index in [9.17, 15) is 4.79 Å². The highest BCUT2D eigenvalue weighted by molar-refractivity contribution is 6.33. The SMILES string of the molecule is Cc1cccc(Nc2ncc(C(=O)N3CCCCCC3)cc2Cl)n1. The number of carbonyl (C=O) groups excluding carboxylic acids is 1. The van der Waals surface area contributed by atoms with Gasteiger partial charge in [-0.1, -0.05) is 30.5 Å². The van der Waals surface area contributed by atoms with Crippen molar-refractivity contribution in [2.24, 2.45) is 0 Å². The van der Waals surface area contributed by atoms with Gasteiger partial charge in [0.25, 0.3) is 5.91 Å². The van der Waals surface area contributed by atoms with Crippen LogP contribution in [0.2, 0.25) is 5.02 Å². The summed E-state index contributed by atoms with van der Waals surface area (Å²) in [4.78, 5) is 23.2. The predicted octanol–water partition coefficient (Wildman–Crippen LogP) is 4.20. The second-order valence-corrected chi connectivity index (χ2v) is 6.46. The van der Waals surface area contributed by atoms with Crippen LogP contribution in [-0.4, -0.2) is 33.9 Å². The Labute approximate surface area is 147 Å². The number of likely N-dealkylation sites (tertiary alicyclic amines) is 1. The van der Waals surface area contributed by atoms with E-state index < -0.39 is 0 Å².